The van der Waals surface area contributed by atoms with Crippen LogP contribution in [0, 0.1) is 0 Å². The Kier molecular flexibility index (Phi) is 7.16. The van der Waals surface area contributed by atoms with Crippen molar-refractivity contribution in [2.75, 3.05) is 6.61 Å². The second-order valence-electron chi connectivity index (χ2n) is 4.64. The van der Waals surface area contributed by atoms with Crippen LogP contribution in [0.15, 0.2) is 24.3 Å². The van der Waals surface area contributed by atoms with Gasteiger partial charge in [0, 0.05) is 0 Å². The van der Waals surface area contributed by atoms with E-state index in [0.29, 0.717) is 12.2 Å². The van der Waals surface area contributed by atoms with Gasteiger partial charge in [-0.15, -0.1) is 0 Å². The van der Waals surface area contributed by atoms with Gasteiger partial charge in [0.05, 0.1) is 12.2 Å². The van der Waals surface area contributed by atoms with Crippen molar-refractivity contribution in [1.82, 2.24) is 0 Å². The number of hydrogen-bond acceptors (Lipinski definition) is 2. The zero-order chi connectivity index (χ0) is 13.2. The Bertz CT molecular complexity index is 341. The highest BCUT2D eigenvalue weighted by Gasteiger charge is 2.06. The first-order valence-corrected chi connectivity index (χ1v) is 7.04. The number of carbonyl (C=O) groups excluding carboxylic acids is 1. The molecule has 0 unspecified atom stereocenters. The van der Waals surface area contributed by atoms with Crippen molar-refractivity contribution in [3.63, 3.8) is 0 Å². The van der Waals surface area contributed by atoms with Gasteiger partial charge in [0.1, 0.15) is 0 Å². The van der Waals surface area contributed by atoms with E-state index < -0.39 is 0 Å². The van der Waals surface area contributed by atoms with E-state index in [9.17, 15) is 4.79 Å². The third-order valence-electron chi connectivity index (χ3n) is 2.99. The zero-order valence-corrected chi connectivity index (χ0v) is 11.6. The lowest BCUT2D eigenvalue weighted by Crippen LogP contribution is -2.06. The third-order valence-corrected chi connectivity index (χ3v) is 2.99. The van der Waals surface area contributed by atoms with Crippen molar-refractivity contribution in [3.05, 3.63) is 35.4 Å². The molecule has 0 saturated heterocycles. The molecule has 0 spiro atoms. The molecule has 18 heavy (non-hydrogen) atoms. The molecule has 0 radical (unpaired) electrons. The van der Waals surface area contributed by atoms with Gasteiger partial charge < -0.3 is 4.74 Å². The Morgan fingerprint density at radius 3 is 2.28 bits per heavy atom. The zero-order valence-electron chi connectivity index (χ0n) is 11.6. The summed E-state index contributed by atoms with van der Waals surface area (Å²) in [6, 6.07) is 7.79. The molecule has 0 aliphatic heterocycles. The van der Waals surface area contributed by atoms with E-state index in [2.05, 4.69) is 13.8 Å². The predicted octanol–water partition coefficient (Wildman–Crippen LogP) is 4.38. The van der Waals surface area contributed by atoms with Crippen molar-refractivity contribution in [2.24, 2.45) is 0 Å². The van der Waals surface area contributed by atoms with Gasteiger partial charge in [-0.25, -0.2) is 4.79 Å². The molecule has 100 valence electrons. The first-order valence-electron chi connectivity index (χ1n) is 7.04. The van der Waals surface area contributed by atoms with Gasteiger partial charge in [-0.3, -0.25) is 0 Å². The summed E-state index contributed by atoms with van der Waals surface area (Å²) in [4.78, 5) is 11.7. The number of carbonyl (C=O) groups is 1. The van der Waals surface area contributed by atoms with Crippen molar-refractivity contribution in [1.29, 1.82) is 0 Å². The summed E-state index contributed by atoms with van der Waals surface area (Å²) < 4.78 is 5.21. The summed E-state index contributed by atoms with van der Waals surface area (Å²) in [6.07, 6.45) is 6.69. The number of hydrogen-bond donors (Lipinski definition) is 0. The normalized spacial score (nSPS) is 10.3. The van der Waals surface area contributed by atoms with Gasteiger partial charge in [-0.1, -0.05) is 45.2 Å². The molecular weight excluding hydrogens is 224 g/mol. The average molecular weight is 248 g/mol. The van der Waals surface area contributed by atoms with E-state index in [1.807, 2.05) is 24.3 Å². The Labute approximate surface area is 110 Å². The highest BCUT2D eigenvalue weighted by molar-refractivity contribution is 5.89. The lowest BCUT2D eigenvalue weighted by molar-refractivity contribution is 0.0498. The standard InChI is InChI=1S/C16H24O2/c1-3-5-7-13-18-16(17)15-11-9-14(10-12-15)8-6-4-2/h9-12H,3-8,13H2,1-2H3. The highest BCUT2D eigenvalue weighted by atomic mass is 16.5. The molecule has 1 aromatic carbocycles. The molecule has 0 aliphatic rings. The van der Waals surface area contributed by atoms with Crippen LogP contribution in [0.25, 0.3) is 0 Å². The molecule has 2 heteroatoms. The maximum absolute atomic E-state index is 11.7. The van der Waals surface area contributed by atoms with Crippen LogP contribution in [0.1, 0.15) is 61.9 Å². The molecule has 0 saturated carbocycles. The predicted molar refractivity (Wildman–Crippen MR) is 74.9 cm³/mol. The summed E-state index contributed by atoms with van der Waals surface area (Å²) in [6.45, 7) is 4.85. The summed E-state index contributed by atoms with van der Waals surface area (Å²) in [5.74, 6) is -0.201. The minimum absolute atomic E-state index is 0.201. The van der Waals surface area contributed by atoms with Crippen LogP contribution in [0.3, 0.4) is 0 Å². The third kappa shape index (κ3) is 5.35. The number of ether oxygens (including phenoxy) is 1. The van der Waals surface area contributed by atoms with E-state index in [1.165, 1.54) is 18.4 Å². The molecule has 0 fully saturated rings. The molecule has 0 aromatic heterocycles. The number of aryl methyl sites for hydroxylation is 1. The molecule has 0 bridgehead atoms. The minimum Gasteiger partial charge on any atom is -0.462 e. The minimum atomic E-state index is -0.201. The van der Waals surface area contributed by atoms with E-state index in [1.54, 1.807) is 0 Å². The summed E-state index contributed by atoms with van der Waals surface area (Å²) in [5, 5.41) is 0. The van der Waals surface area contributed by atoms with E-state index in [4.69, 9.17) is 4.74 Å². The van der Waals surface area contributed by atoms with Crippen molar-refractivity contribution in [3.8, 4) is 0 Å². The van der Waals surface area contributed by atoms with Gasteiger partial charge in [0.15, 0.2) is 0 Å². The summed E-state index contributed by atoms with van der Waals surface area (Å²) >= 11 is 0. The van der Waals surface area contributed by atoms with Gasteiger partial charge in [-0.05, 0) is 37.0 Å². The van der Waals surface area contributed by atoms with Gasteiger partial charge in [-0.2, -0.15) is 0 Å². The Balaban J connectivity index is 2.38. The monoisotopic (exact) mass is 248 g/mol. The van der Waals surface area contributed by atoms with E-state index in [-0.39, 0.29) is 5.97 Å². The molecule has 0 atom stereocenters. The van der Waals surface area contributed by atoms with Gasteiger partial charge in [0.2, 0.25) is 0 Å². The first-order chi connectivity index (χ1) is 8.77. The fourth-order valence-electron chi connectivity index (χ4n) is 1.79. The summed E-state index contributed by atoms with van der Waals surface area (Å²) in [7, 11) is 0. The highest BCUT2D eigenvalue weighted by Crippen LogP contribution is 2.09. The molecule has 2 nitrogen and oxygen atoms in total. The number of benzene rings is 1. The lowest BCUT2D eigenvalue weighted by atomic mass is 10.1. The SMILES string of the molecule is CCCCCOC(=O)c1ccc(CCCC)cc1. The molecule has 1 rings (SSSR count). The maximum atomic E-state index is 11.7. The van der Waals surface area contributed by atoms with Crippen LogP contribution in [0.5, 0.6) is 0 Å². The summed E-state index contributed by atoms with van der Waals surface area (Å²) in [5.41, 5.74) is 1.95. The van der Waals surface area contributed by atoms with Gasteiger partial charge >= 0.3 is 5.97 Å². The number of rotatable bonds is 8. The van der Waals surface area contributed by atoms with Crippen LogP contribution in [0.2, 0.25) is 0 Å². The Morgan fingerprint density at radius 1 is 1.00 bits per heavy atom. The molecule has 0 amide bonds. The van der Waals surface area contributed by atoms with E-state index in [0.717, 1.165) is 25.7 Å². The van der Waals surface area contributed by atoms with Crippen molar-refractivity contribution < 1.29 is 9.53 Å². The molecular formula is C16H24O2. The fourth-order valence-corrected chi connectivity index (χ4v) is 1.79. The molecule has 1 aromatic rings. The van der Waals surface area contributed by atoms with Crippen LogP contribution in [-0.4, -0.2) is 12.6 Å². The van der Waals surface area contributed by atoms with Crippen LogP contribution in [-0.2, 0) is 11.2 Å². The second-order valence-corrected chi connectivity index (χ2v) is 4.64. The fraction of sp³-hybridized carbons (Fsp3) is 0.562. The number of unbranched alkanes of at least 4 members (excludes halogenated alkanes) is 3. The topological polar surface area (TPSA) is 26.3 Å². The first kappa shape index (κ1) is 14.7. The quantitative estimate of drug-likeness (QED) is 0.504. The van der Waals surface area contributed by atoms with Crippen molar-refractivity contribution in [2.45, 2.75) is 52.4 Å². The Morgan fingerprint density at radius 2 is 1.67 bits per heavy atom. The van der Waals surface area contributed by atoms with Gasteiger partial charge in [0.25, 0.3) is 0 Å². The smallest absolute Gasteiger partial charge is 0.338 e. The second kappa shape index (κ2) is 8.73. The lowest BCUT2D eigenvalue weighted by Gasteiger charge is -2.05. The number of esters is 1. The molecule has 0 aliphatic carbocycles. The van der Waals surface area contributed by atoms with Crippen LogP contribution < -0.4 is 0 Å². The van der Waals surface area contributed by atoms with Crippen molar-refractivity contribution >= 4 is 5.97 Å². The van der Waals surface area contributed by atoms with E-state index >= 15 is 0 Å². The largest absolute Gasteiger partial charge is 0.462 e. The maximum Gasteiger partial charge on any atom is 0.338 e. The molecule has 0 heterocycles. The Hall–Kier alpha value is -1.31. The average Bonchev–Trinajstić information content (AvgIpc) is 2.41. The molecule has 0 N–H and O–H groups in total. The van der Waals surface area contributed by atoms with Crippen LogP contribution in [0.4, 0.5) is 0 Å². The van der Waals surface area contributed by atoms with Crippen LogP contribution >= 0.6 is 0 Å².